The second kappa shape index (κ2) is 7.40. The molecule has 1 N–H and O–H groups in total. The molecule has 0 radical (unpaired) electrons. The first kappa shape index (κ1) is 17.0. The summed E-state index contributed by atoms with van der Waals surface area (Å²) < 4.78 is 5.19. The molecule has 1 saturated heterocycles. The smallest absolute Gasteiger partial charge is 0.228 e. The molecule has 2 aromatic rings. The molecule has 1 amide bonds. The fraction of sp³-hybridized carbons (Fsp3) is 0.409. The molecule has 0 bridgehead atoms. The van der Waals surface area contributed by atoms with E-state index in [1.165, 1.54) is 30.5 Å². The number of nitrogens with zero attached hydrogens (tertiary/aromatic N) is 1. The van der Waals surface area contributed by atoms with Gasteiger partial charge in [0.2, 0.25) is 5.91 Å². The fourth-order valence-corrected chi connectivity index (χ4v) is 3.85. The molecular formula is C22H26N2O2. The number of rotatable bonds is 5. The highest BCUT2D eigenvalue weighted by molar-refractivity contribution is 5.95. The minimum absolute atomic E-state index is 0.0742. The van der Waals surface area contributed by atoms with E-state index in [4.69, 9.17) is 4.74 Å². The van der Waals surface area contributed by atoms with Crippen LogP contribution < -0.4 is 15.0 Å². The Balaban J connectivity index is 1.33. The lowest BCUT2D eigenvalue weighted by molar-refractivity contribution is -0.117. The maximum absolute atomic E-state index is 12.5. The molecule has 26 heavy (non-hydrogen) atoms. The summed E-state index contributed by atoms with van der Waals surface area (Å²) in [5, 5.41) is 3.07. The lowest BCUT2D eigenvalue weighted by Crippen LogP contribution is -2.29. The number of amides is 1. The lowest BCUT2D eigenvalue weighted by atomic mass is 10.1. The van der Waals surface area contributed by atoms with E-state index in [1.807, 2.05) is 24.3 Å². The molecule has 2 fully saturated rings. The summed E-state index contributed by atoms with van der Waals surface area (Å²) in [6.07, 6.45) is 4.80. The highest BCUT2D eigenvalue weighted by Gasteiger charge is 2.43. The first-order valence-corrected chi connectivity index (χ1v) is 9.54. The maximum Gasteiger partial charge on any atom is 0.228 e. The molecular weight excluding hydrogens is 324 g/mol. The van der Waals surface area contributed by atoms with Crippen molar-refractivity contribution in [2.45, 2.75) is 31.6 Å². The van der Waals surface area contributed by atoms with Crippen LogP contribution in [0, 0.1) is 5.92 Å². The Labute approximate surface area is 155 Å². The number of hydrogen-bond acceptors (Lipinski definition) is 3. The largest absolute Gasteiger partial charge is 0.497 e. The first-order valence-electron chi connectivity index (χ1n) is 9.54. The van der Waals surface area contributed by atoms with Crippen molar-refractivity contribution in [3.8, 4) is 5.75 Å². The molecule has 4 nitrogen and oxygen atoms in total. The summed E-state index contributed by atoms with van der Waals surface area (Å²) >= 11 is 0. The van der Waals surface area contributed by atoms with E-state index in [9.17, 15) is 4.79 Å². The Hall–Kier alpha value is -2.49. The van der Waals surface area contributed by atoms with Crippen molar-refractivity contribution in [2.24, 2.45) is 5.92 Å². The van der Waals surface area contributed by atoms with Crippen LogP contribution in [0.2, 0.25) is 0 Å². The van der Waals surface area contributed by atoms with Crippen LogP contribution >= 0.6 is 0 Å². The highest BCUT2D eigenvalue weighted by atomic mass is 16.5. The van der Waals surface area contributed by atoms with Crippen LogP contribution in [0.5, 0.6) is 5.75 Å². The summed E-state index contributed by atoms with van der Waals surface area (Å²) in [6, 6.07) is 16.3. The number of methoxy groups -OCH3 is 1. The van der Waals surface area contributed by atoms with Crippen LogP contribution in [0.3, 0.4) is 0 Å². The number of carbonyl (C=O) groups is 1. The van der Waals surface area contributed by atoms with Crippen LogP contribution in [-0.4, -0.2) is 26.1 Å². The van der Waals surface area contributed by atoms with Crippen molar-refractivity contribution in [1.82, 2.24) is 0 Å². The number of piperidine rings is 1. The number of carbonyl (C=O) groups excluding carboxylic acids is 1. The van der Waals surface area contributed by atoms with Crippen LogP contribution in [-0.2, 0) is 4.79 Å². The van der Waals surface area contributed by atoms with E-state index >= 15 is 0 Å². The number of hydrogen-bond donors (Lipinski definition) is 1. The van der Waals surface area contributed by atoms with Gasteiger partial charge in [-0.1, -0.05) is 12.1 Å². The summed E-state index contributed by atoms with van der Waals surface area (Å²) in [5.74, 6) is 1.37. The zero-order valence-electron chi connectivity index (χ0n) is 15.3. The van der Waals surface area contributed by atoms with E-state index in [2.05, 4.69) is 34.5 Å². The molecule has 1 aliphatic carbocycles. The third-order valence-corrected chi connectivity index (χ3v) is 5.53. The molecule has 4 heteroatoms. The van der Waals surface area contributed by atoms with Gasteiger partial charge in [0, 0.05) is 30.4 Å². The zero-order chi connectivity index (χ0) is 17.9. The Morgan fingerprint density at radius 1 is 1.00 bits per heavy atom. The van der Waals surface area contributed by atoms with E-state index in [0.29, 0.717) is 5.92 Å². The van der Waals surface area contributed by atoms with Gasteiger partial charge in [0.25, 0.3) is 0 Å². The van der Waals surface area contributed by atoms with Crippen molar-refractivity contribution in [2.75, 3.05) is 30.4 Å². The second-order valence-electron chi connectivity index (χ2n) is 7.31. The van der Waals surface area contributed by atoms with Gasteiger partial charge in [0.15, 0.2) is 0 Å². The van der Waals surface area contributed by atoms with Gasteiger partial charge in [0.05, 0.1) is 7.11 Å². The predicted octanol–water partition coefficient (Wildman–Crippen LogP) is 4.43. The Bertz CT molecular complexity index is 749. The van der Waals surface area contributed by atoms with Crippen molar-refractivity contribution in [1.29, 1.82) is 0 Å². The van der Waals surface area contributed by atoms with Crippen LogP contribution in [0.15, 0.2) is 48.5 Å². The van der Waals surface area contributed by atoms with Gasteiger partial charge in [-0.3, -0.25) is 4.79 Å². The van der Waals surface area contributed by atoms with Crippen LogP contribution in [0.4, 0.5) is 11.4 Å². The van der Waals surface area contributed by atoms with Gasteiger partial charge in [0.1, 0.15) is 5.75 Å². The first-order chi connectivity index (χ1) is 12.7. The fourth-order valence-electron chi connectivity index (χ4n) is 3.85. The van der Waals surface area contributed by atoms with E-state index in [-0.39, 0.29) is 11.8 Å². The standard InChI is InChI=1S/C22H26N2O2/c1-26-19-11-5-16(6-12-19)20-15-21(20)22(25)23-17-7-9-18(10-8-17)24-13-3-2-4-14-24/h5-12,20-21H,2-4,13-15H2,1H3,(H,23,25). The summed E-state index contributed by atoms with van der Waals surface area (Å²) in [5.41, 5.74) is 3.35. The molecule has 0 spiro atoms. The second-order valence-corrected chi connectivity index (χ2v) is 7.31. The third kappa shape index (κ3) is 3.69. The van der Waals surface area contributed by atoms with Crippen molar-refractivity contribution in [3.05, 3.63) is 54.1 Å². The average molecular weight is 350 g/mol. The molecule has 2 aliphatic rings. The normalized spacial score (nSPS) is 22.0. The molecule has 136 valence electrons. The van der Waals surface area contributed by atoms with Gasteiger partial charge in [-0.25, -0.2) is 0 Å². The minimum Gasteiger partial charge on any atom is -0.497 e. The Kier molecular flexibility index (Phi) is 4.83. The molecule has 2 aromatic carbocycles. The number of ether oxygens (including phenoxy) is 1. The molecule has 1 heterocycles. The molecule has 1 aliphatic heterocycles. The SMILES string of the molecule is COc1ccc(C2CC2C(=O)Nc2ccc(N3CCCCC3)cc2)cc1. The molecule has 4 rings (SSSR count). The minimum atomic E-state index is 0.0742. The average Bonchev–Trinajstić information content (AvgIpc) is 3.50. The van der Waals surface area contributed by atoms with Crippen molar-refractivity contribution < 1.29 is 9.53 Å². The Morgan fingerprint density at radius 2 is 1.69 bits per heavy atom. The van der Waals surface area contributed by atoms with E-state index in [1.54, 1.807) is 7.11 Å². The van der Waals surface area contributed by atoms with Crippen molar-refractivity contribution in [3.63, 3.8) is 0 Å². The molecule has 2 unspecified atom stereocenters. The Morgan fingerprint density at radius 3 is 2.35 bits per heavy atom. The van der Waals surface area contributed by atoms with E-state index < -0.39 is 0 Å². The third-order valence-electron chi connectivity index (χ3n) is 5.53. The van der Waals surface area contributed by atoms with Gasteiger partial charge in [-0.2, -0.15) is 0 Å². The maximum atomic E-state index is 12.5. The highest BCUT2D eigenvalue weighted by Crippen LogP contribution is 2.48. The number of anilines is 2. The van der Waals surface area contributed by atoms with Gasteiger partial charge >= 0.3 is 0 Å². The van der Waals surface area contributed by atoms with Crippen LogP contribution in [0.25, 0.3) is 0 Å². The predicted molar refractivity (Wildman–Crippen MR) is 105 cm³/mol. The summed E-state index contributed by atoms with van der Waals surface area (Å²) in [6.45, 7) is 2.27. The van der Waals surface area contributed by atoms with Gasteiger partial charge in [-0.15, -0.1) is 0 Å². The van der Waals surface area contributed by atoms with Crippen LogP contribution in [0.1, 0.15) is 37.2 Å². The van der Waals surface area contributed by atoms with Gasteiger partial charge in [-0.05, 0) is 73.6 Å². The van der Waals surface area contributed by atoms with Crippen molar-refractivity contribution >= 4 is 17.3 Å². The quantitative estimate of drug-likeness (QED) is 0.867. The summed E-state index contributed by atoms with van der Waals surface area (Å²) in [7, 11) is 1.67. The monoisotopic (exact) mass is 350 g/mol. The molecule has 2 atom stereocenters. The topological polar surface area (TPSA) is 41.6 Å². The summed E-state index contributed by atoms with van der Waals surface area (Å²) in [4.78, 5) is 14.9. The molecule has 0 aromatic heterocycles. The molecule has 1 saturated carbocycles. The zero-order valence-corrected chi connectivity index (χ0v) is 15.3. The number of nitrogens with one attached hydrogen (secondary N) is 1. The number of benzene rings is 2. The lowest BCUT2D eigenvalue weighted by Gasteiger charge is -2.28. The van der Waals surface area contributed by atoms with Gasteiger partial charge < -0.3 is 15.0 Å². The van der Waals surface area contributed by atoms with E-state index in [0.717, 1.165) is 30.9 Å².